The van der Waals surface area contributed by atoms with Crippen molar-refractivity contribution >= 4 is 48.9 Å². The summed E-state index contributed by atoms with van der Waals surface area (Å²) in [4.78, 5) is 16.9. The van der Waals surface area contributed by atoms with E-state index in [0.29, 0.717) is 9.82 Å². The molecule has 25 heavy (non-hydrogen) atoms. The summed E-state index contributed by atoms with van der Waals surface area (Å²) in [6.07, 6.45) is -0.167. The van der Waals surface area contributed by atoms with Crippen molar-refractivity contribution in [3.63, 3.8) is 0 Å². The van der Waals surface area contributed by atoms with E-state index in [2.05, 4.69) is 4.99 Å². The number of hydrogen-bond acceptors (Lipinski definition) is 4. The first-order valence-corrected chi connectivity index (χ1v) is 10.3. The van der Waals surface area contributed by atoms with Gasteiger partial charge in [0.15, 0.2) is 14.6 Å². The van der Waals surface area contributed by atoms with Gasteiger partial charge in [-0.15, -0.1) is 0 Å². The maximum Gasteiger partial charge on any atom is 0.249 e. The molecule has 0 saturated carbocycles. The lowest BCUT2D eigenvalue weighted by Crippen LogP contribution is -2.15. The van der Waals surface area contributed by atoms with Gasteiger partial charge in [-0.2, -0.15) is 4.99 Å². The van der Waals surface area contributed by atoms with Crippen LogP contribution in [-0.2, 0) is 21.7 Å². The van der Waals surface area contributed by atoms with E-state index in [0.717, 1.165) is 10.2 Å². The summed E-state index contributed by atoms with van der Waals surface area (Å²) in [5.74, 6) is -0.745. The number of aryl methyl sites for hydroxylation is 1. The number of fused-ring (bicyclic) bond motifs is 1. The summed E-state index contributed by atoms with van der Waals surface area (Å²) in [6, 6.07) is 13.6. The topological polar surface area (TPSA) is 68.5 Å². The van der Waals surface area contributed by atoms with Crippen molar-refractivity contribution in [2.75, 3.05) is 5.75 Å². The third kappa shape index (κ3) is 4.00. The first kappa shape index (κ1) is 17.8. The van der Waals surface area contributed by atoms with Crippen LogP contribution in [0.15, 0.2) is 58.4 Å². The number of para-hydroxylation sites is 1. The highest BCUT2D eigenvalue weighted by molar-refractivity contribution is 7.91. The van der Waals surface area contributed by atoms with Crippen LogP contribution in [0.3, 0.4) is 0 Å². The lowest BCUT2D eigenvalue weighted by Gasteiger charge is -2.02. The van der Waals surface area contributed by atoms with Crippen LogP contribution in [0.1, 0.15) is 6.42 Å². The summed E-state index contributed by atoms with van der Waals surface area (Å²) >= 11 is 7.16. The van der Waals surface area contributed by atoms with Gasteiger partial charge in [-0.05, 0) is 36.4 Å². The summed E-state index contributed by atoms with van der Waals surface area (Å²) in [5.41, 5.74) is 0.979. The van der Waals surface area contributed by atoms with Gasteiger partial charge in [0.25, 0.3) is 0 Å². The summed E-state index contributed by atoms with van der Waals surface area (Å²) in [7, 11) is -1.71. The average molecular weight is 395 g/mol. The third-order valence-corrected chi connectivity index (χ3v) is 6.79. The number of amides is 1. The van der Waals surface area contributed by atoms with Crippen molar-refractivity contribution < 1.29 is 13.2 Å². The number of benzene rings is 2. The van der Waals surface area contributed by atoms with E-state index < -0.39 is 15.7 Å². The van der Waals surface area contributed by atoms with Crippen molar-refractivity contribution in [1.82, 2.24) is 4.57 Å². The monoisotopic (exact) mass is 394 g/mol. The second-order valence-electron chi connectivity index (χ2n) is 5.44. The number of carbonyl (C=O) groups excluding carboxylic acids is 1. The predicted octanol–water partition coefficient (Wildman–Crippen LogP) is 3.18. The molecule has 0 fully saturated rings. The summed E-state index contributed by atoms with van der Waals surface area (Å²) < 4.78 is 27.4. The van der Waals surface area contributed by atoms with Crippen molar-refractivity contribution in [2.45, 2.75) is 11.3 Å². The van der Waals surface area contributed by atoms with Crippen LogP contribution in [0.4, 0.5) is 0 Å². The lowest BCUT2D eigenvalue weighted by molar-refractivity contribution is -0.117. The molecule has 0 atom stereocenters. The largest absolute Gasteiger partial charge is 0.319 e. The smallest absolute Gasteiger partial charge is 0.249 e. The second kappa shape index (κ2) is 7.11. The van der Waals surface area contributed by atoms with E-state index in [1.54, 1.807) is 0 Å². The SMILES string of the molecule is Cn1c(=NC(=O)CCS(=O)(=O)c2ccc(Cl)cc2)sc2ccccc21. The van der Waals surface area contributed by atoms with E-state index in [1.807, 2.05) is 35.9 Å². The van der Waals surface area contributed by atoms with Crippen LogP contribution < -0.4 is 4.80 Å². The van der Waals surface area contributed by atoms with Gasteiger partial charge in [0.05, 0.1) is 20.9 Å². The normalized spacial score (nSPS) is 12.6. The van der Waals surface area contributed by atoms with Gasteiger partial charge in [0.1, 0.15) is 0 Å². The minimum Gasteiger partial charge on any atom is -0.319 e. The molecule has 0 unspecified atom stereocenters. The molecule has 1 aromatic heterocycles. The fourth-order valence-corrected chi connectivity index (χ4v) is 4.72. The quantitative estimate of drug-likeness (QED) is 0.682. The Bertz CT molecular complexity index is 1100. The molecule has 0 aliphatic heterocycles. The molecule has 3 rings (SSSR count). The van der Waals surface area contributed by atoms with Crippen LogP contribution in [-0.4, -0.2) is 24.6 Å². The van der Waals surface area contributed by atoms with E-state index in [4.69, 9.17) is 11.6 Å². The standard InChI is InChI=1S/C17H15ClN2O3S2/c1-20-14-4-2-3-5-15(14)24-17(20)19-16(21)10-11-25(22,23)13-8-6-12(18)7-9-13/h2-9H,10-11H2,1H3. The Morgan fingerprint density at radius 1 is 1.16 bits per heavy atom. The van der Waals surface area contributed by atoms with E-state index in [1.165, 1.54) is 35.6 Å². The van der Waals surface area contributed by atoms with Gasteiger partial charge < -0.3 is 4.57 Å². The van der Waals surface area contributed by atoms with Crippen LogP contribution in [0.5, 0.6) is 0 Å². The fourth-order valence-electron chi connectivity index (χ4n) is 2.33. The number of rotatable bonds is 4. The maximum absolute atomic E-state index is 12.3. The number of aromatic nitrogens is 1. The van der Waals surface area contributed by atoms with Gasteiger partial charge >= 0.3 is 0 Å². The zero-order valence-electron chi connectivity index (χ0n) is 13.3. The minimum atomic E-state index is -3.54. The molecule has 0 saturated heterocycles. The number of carbonyl (C=O) groups is 1. The molecule has 0 aliphatic rings. The predicted molar refractivity (Wildman–Crippen MR) is 99.5 cm³/mol. The lowest BCUT2D eigenvalue weighted by atomic mass is 10.3. The molecule has 0 spiro atoms. The highest BCUT2D eigenvalue weighted by atomic mass is 35.5. The van der Waals surface area contributed by atoms with Gasteiger partial charge in [-0.3, -0.25) is 4.79 Å². The first-order chi connectivity index (χ1) is 11.9. The van der Waals surface area contributed by atoms with Crippen LogP contribution in [0, 0.1) is 0 Å². The van der Waals surface area contributed by atoms with E-state index >= 15 is 0 Å². The minimum absolute atomic E-state index is 0.150. The molecule has 130 valence electrons. The van der Waals surface area contributed by atoms with Crippen LogP contribution in [0.25, 0.3) is 10.2 Å². The molecule has 3 aromatic rings. The highest BCUT2D eigenvalue weighted by Gasteiger charge is 2.16. The zero-order chi connectivity index (χ0) is 18.0. The zero-order valence-corrected chi connectivity index (χ0v) is 15.7. The second-order valence-corrected chi connectivity index (χ2v) is 8.99. The molecule has 0 radical (unpaired) electrons. The summed E-state index contributed by atoms with van der Waals surface area (Å²) in [5, 5.41) is 0.460. The molecular weight excluding hydrogens is 380 g/mol. The maximum atomic E-state index is 12.3. The number of thiazole rings is 1. The number of hydrogen-bond donors (Lipinski definition) is 0. The average Bonchev–Trinajstić information content (AvgIpc) is 2.90. The molecule has 8 heteroatoms. The molecule has 2 aromatic carbocycles. The van der Waals surface area contributed by atoms with E-state index in [-0.39, 0.29) is 17.1 Å². The fraction of sp³-hybridized carbons (Fsp3) is 0.176. The first-order valence-electron chi connectivity index (χ1n) is 7.47. The van der Waals surface area contributed by atoms with Gasteiger partial charge in [0.2, 0.25) is 5.91 Å². The molecule has 0 N–H and O–H groups in total. The van der Waals surface area contributed by atoms with Crippen molar-refractivity contribution in [3.05, 3.63) is 58.4 Å². The Hall–Kier alpha value is -1.96. The molecular formula is C17H15ClN2O3S2. The van der Waals surface area contributed by atoms with E-state index in [9.17, 15) is 13.2 Å². The van der Waals surface area contributed by atoms with Crippen LogP contribution in [0.2, 0.25) is 5.02 Å². The van der Waals surface area contributed by atoms with Crippen molar-refractivity contribution in [2.24, 2.45) is 12.0 Å². The molecule has 1 heterocycles. The summed E-state index contributed by atoms with van der Waals surface area (Å²) in [6.45, 7) is 0. The Morgan fingerprint density at radius 2 is 1.84 bits per heavy atom. The highest BCUT2D eigenvalue weighted by Crippen LogP contribution is 2.17. The Morgan fingerprint density at radius 3 is 2.52 bits per heavy atom. The Labute approximate surface area is 154 Å². The number of halogens is 1. The molecule has 5 nitrogen and oxygen atoms in total. The van der Waals surface area contributed by atoms with Crippen molar-refractivity contribution in [3.8, 4) is 0 Å². The molecule has 1 amide bonds. The molecule has 0 bridgehead atoms. The third-order valence-electron chi connectivity index (χ3n) is 3.69. The van der Waals surface area contributed by atoms with Gasteiger partial charge in [-0.1, -0.05) is 35.1 Å². The van der Waals surface area contributed by atoms with Gasteiger partial charge in [-0.25, -0.2) is 8.42 Å². The van der Waals surface area contributed by atoms with Crippen molar-refractivity contribution in [1.29, 1.82) is 0 Å². The Kier molecular flexibility index (Phi) is 5.08. The Balaban J connectivity index is 1.78. The molecule has 0 aliphatic carbocycles. The number of sulfone groups is 1. The van der Waals surface area contributed by atoms with Gasteiger partial charge in [0, 0.05) is 18.5 Å². The van der Waals surface area contributed by atoms with Crippen LogP contribution >= 0.6 is 22.9 Å². The number of nitrogens with zero attached hydrogens (tertiary/aromatic N) is 2.